The van der Waals surface area contributed by atoms with Gasteiger partial charge in [-0.1, -0.05) is 20.8 Å². The largest absolute Gasteiger partial charge is 0.328 e. The molecule has 0 bridgehead atoms. The molecule has 21 heavy (non-hydrogen) atoms. The van der Waals surface area contributed by atoms with Gasteiger partial charge in [0.1, 0.15) is 0 Å². The van der Waals surface area contributed by atoms with E-state index < -0.39 is 10.2 Å². The van der Waals surface area contributed by atoms with E-state index in [-0.39, 0.29) is 12.1 Å². The zero-order valence-electron chi connectivity index (χ0n) is 13.9. The lowest BCUT2D eigenvalue weighted by atomic mass is 9.92. The van der Waals surface area contributed by atoms with E-state index in [0.29, 0.717) is 19.6 Å². The van der Waals surface area contributed by atoms with Crippen molar-refractivity contribution in [1.82, 2.24) is 8.61 Å². The fraction of sp³-hybridized carbons (Fsp3) is 1.00. The molecule has 0 heterocycles. The first-order valence-corrected chi connectivity index (χ1v) is 9.89. The molecule has 126 valence electrons. The van der Waals surface area contributed by atoms with Gasteiger partial charge in [-0.3, -0.25) is 0 Å². The van der Waals surface area contributed by atoms with Crippen LogP contribution in [0.1, 0.15) is 65.7 Å². The molecule has 0 radical (unpaired) electrons. The minimum atomic E-state index is -3.34. The second kappa shape index (κ2) is 9.08. The summed E-state index contributed by atoms with van der Waals surface area (Å²) in [6, 6.07) is 0.376. The first-order valence-electron chi connectivity index (χ1n) is 8.49. The Bertz CT molecular complexity index is 372. The minimum Gasteiger partial charge on any atom is -0.328 e. The van der Waals surface area contributed by atoms with Crippen molar-refractivity contribution in [3.05, 3.63) is 0 Å². The third-order valence-corrected chi connectivity index (χ3v) is 6.25. The van der Waals surface area contributed by atoms with E-state index in [0.717, 1.165) is 44.9 Å². The van der Waals surface area contributed by atoms with Gasteiger partial charge in [-0.2, -0.15) is 17.0 Å². The van der Waals surface area contributed by atoms with Gasteiger partial charge in [-0.05, 0) is 44.9 Å². The Balaban J connectivity index is 2.90. The standard InChI is InChI=1S/C15H33N3O2S/c1-4-11-17(12-5-2)21(19,20)18(13-6-3)15-9-7-14(16)8-10-15/h14-15H,4-13,16H2,1-3H3. The molecule has 6 heteroatoms. The molecule has 0 unspecified atom stereocenters. The highest BCUT2D eigenvalue weighted by Crippen LogP contribution is 2.26. The van der Waals surface area contributed by atoms with Crippen molar-refractivity contribution in [2.24, 2.45) is 5.73 Å². The summed E-state index contributed by atoms with van der Waals surface area (Å²) in [7, 11) is -3.34. The van der Waals surface area contributed by atoms with Gasteiger partial charge in [0.15, 0.2) is 0 Å². The van der Waals surface area contributed by atoms with E-state index in [2.05, 4.69) is 0 Å². The molecule has 0 atom stereocenters. The highest BCUT2D eigenvalue weighted by atomic mass is 32.2. The Morgan fingerprint density at radius 1 is 0.905 bits per heavy atom. The highest BCUT2D eigenvalue weighted by Gasteiger charge is 2.35. The second-order valence-corrected chi connectivity index (χ2v) is 7.97. The topological polar surface area (TPSA) is 66.6 Å². The molecule has 0 aromatic carbocycles. The molecule has 0 amide bonds. The van der Waals surface area contributed by atoms with Crippen molar-refractivity contribution < 1.29 is 8.42 Å². The SMILES string of the molecule is CCCN(CCC)S(=O)(=O)N(CCC)C1CCC(N)CC1. The van der Waals surface area contributed by atoms with E-state index in [4.69, 9.17) is 5.73 Å². The number of nitrogens with zero attached hydrogens (tertiary/aromatic N) is 2. The molecular formula is C15H33N3O2S. The summed E-state index contributed by atoms with van der Waals surface area (Å²) in [5.41, 5.74) is 5.96. The van der Waals surface area contributed by atoms with Crippen LogP contribution in [0.25, 0.3) is 0 Å². The van der Waals surface area contributed by atoms with Crippen molar-refractivity contribution in [1.29, 1.82) is 0 Å². The van der Waals surface area contributed by atoms with Gasteiger partial charge < -0.3 is 5.73 Å². The van der Waals surface area contributed by atoms with Crippen molar-refractivity contribution in [2.45, 2.75) is 77.8 Å². The quantitative estimate of drug-likeness (QED) is 0.709. The fourth-order valence-corrected chi connectivity index (χ4v) is 5.21. The monoisotopic (exact) mass is 319 g/mol. The van der Waals surface area contributed by atoms with Crippen molar-refractivity contribution in [2.75, 3.05) is 19.6 Å². The Kier molecular flexibility index (Phi) is 8.16. The van der Waals surface area contributed by atoms with Crippen LogP contribution in [0.3, 0.4) is 0 Å². The fourth-order valence-electron chi connectivity index (χ4n) is 3.09. The van der Waals surface area contributed by atoms with Crippen molar-refractivity contribution in [3.8, 4) is 0 Å². The summed E-state index contributed by atoms with van der Waals surface area (Å²) < 4.78 is 29.4. The maximum Gasteiger partial charge on any atom is 0.282 e. The van der Waals surface area contributed by atoms with E-state index in [1.54, 1.807) is 8.61 Å². The molecule has 0 aliphatic heterocycles. The van der Waals surface area contributed by atoms with E-state index in [1.807, 2.05) is 20.8 Å². The molecule has 2 N–H and O–H groups in total. The normalized spacial score (nSPS) is 23.9. The molecule has 1 rings (SSSR count). The van der Waals surface area contributed by atoms with Crippen LogP contribution in [0.4, 0.5) is 0 Å². The average Bonchev–Trinajstić information content (AvgIpc) is 2.45. The molecule has 1 aliphatic rings. The molecule has 0 aromatic rings. The van der Waals surface area contributed by atoms with Gasteiger partial charge in [0, 0.05) is 31.7 Å². The van der Waals surface area contributed by atoms with Crippen LogP contribution in [0, 0.1) is 0 Å². The number of hydrogen-bond donors (Lipinski definition) is 1. The Morgan fingerprint density at radius 2 is 1.38 bits per heavy atom. The lowest BCUT2D eigenvalue weighted by Crippen LogP contribution is -2.51. The lowest BCUT2D eigenvalue weighted by molar-refractivity contribution is 0.223. The summed E-state index contributed by atoms with van der Waals surface area (Å²) in [4.78, 5) is 0. The summed E-state index contributed by atoms with van der Waals surface area (Å²) in [5, 5.41) is 0. The third-order valence-electron chi connectivity index (χ3n) is 4.16. The summed E-state index contributed by atoms with van der Waals surface area (Å²) in [5.74, 6) is 0. The summed E-state index contributed by atoms with van der Waals surface area (Å²) >= 11 is 0. The zero-order chi connectivity index (χ0) is 15.9. The van der Waals surface area contributed by atoms with Gasteiger partial charge in [-0.15, -0.1) is 0 Å². The molecular weight excluding hydrogens is 286 g/mol. The van der Waals surface area contributed by atoms with Crippen LogP contribution in [0.2, 0.25) is 0 Å². The first-order chi connectivity index (χ1) is 9.97. The molecule has 1 aliphatic carbocycles. The molecule has 1 saturated carbocycles. The first kappa shape index (κ1) is 18.9. The smallest absolute Gasteiger partial charge is 0.282 e. The van der Waals surface area contributed by atoms with Crippen LogP contribution in [-0.2, 0) is 10.2 Å². The van der Waals surface area contributed by atoms with Gasteiger partial charge in [0.05, 0.1) is 0 Å². The van der Waals surface area contributed by atoms with E-state index in [9.17, 15) is 8.42 Å². The molecule has 5 nitrogen and oxygen atoms in total. The Hall–Kier alpha value is -0.170. The Morgan fingerprint density at radius 3 is 1.81 bits per heavy atom. The maximum absolute atomic E-state index is 13.0. The number of hydrogen-bond acceptors (Lipinski definition) is 3. The second-order valence-electron chi connectivity index (χ2n) is 6.09. The Labute approximate surface area is 131 Å². The average molecular weight is 320 g/mol. The van der Waals surface area contributed by atoms with Crippen molar-refractivity contribution in [3.63, 3.8) is 0 Å². The molecule has 0 spiro atoms. The van der Waals surface area contributed by atoms with Crippen LogP contribution in [-0.4, -0.2) is 48.7 Å². The minimum absolute atomic E-state index is 0.131. The highest BCUT2D eigenvalue weighted by molar-refractivity contribution is 7.86. The zero-order valence-corrected chi connectivity index (χ0v) is 14.7. The predicted octanol–water partition coefficient (Wildman–Crippen LogP) is 2.34. The number of nitrogens with two attached hydrogens (primary N) is 1. The van der Waals surface area contributed by atoms with Crippen LogP contribution >= 0.6 is 0 Å². The molecule has 0 saturated heterocycles. The van der Waals surface area contributed by atoms with Gasteiger partial charge >= 0.3 is 0 Å². The van der Waals surface area contributed by atoms with E-state index >= 15 is 0 Å². The van der Waals surface area contributed by atoms with Crippen LogP contribution in [0.5, 0.6) is 0 Å². The predicted molar refractivity (Wildman–Crippen MR) is 88.3 cm³/mol. The summed E-state index contributed by atoms with van der Waals surface area (Å²) in [6.45, 7) is 7.95. The third kappa shape index (κ3) is 5.20. The molecule has 1 fully saturated rings. The van der Waals surface area contributed by atoms with E-state index in [1.165, 1.54) is 0 Å². The van der Waals surface area contributed by atoms with Gasteiger partial charge in [-0.25, -0.2) is 0 Å². The summed E-state index contributed by atoms with van der Waals surface area (Å²) in [6.07, 6.45) is 6.22. The van der Waals surface area contributed by atoms with Crippen LogP contribution < -0.4 is 5.73 Å². The lowest BCUT2D eigenvalue weighted by Gasteiger charge is -2.38. The van der Waals surface area contributed by atoms with Crippen LogP contribution in [0.15, 0.2) is 0 Å². The van der Waals surface area contributed by atoms with Gasteiger partial charge in [0.25, 0.3) is 10.2 Å². The molecule has 0 aromatic heterocycles. The maximum atomic E-state index is 13.0. The number of rotatable bonds is 9. The van der Waals surface area contributed by atoms with Gasteiger partial charge in [0.2, 0.25) is 0 Å². The van der Waals surface area contributed by atoms with Crippen molar-refractivity contribution >= 4 is 10.2 Å².